The molecule has 6 heteroatoms. The quantitative estimate of drug-likeness (QED) is 0.790. The molecular weight excluding hydrogens is 276 g/mol. The van der Waals surface area contributed by atoms with Crippen LogP contribution >= 0.6 is 11.6 Å². The second kappa shape index (κ2) is 7.76. The van der Waals surface area contributed by atoms with E-state index < -0.39 is 0 Å². The van der Waals surface area contributed by atoms with Crippen molar-refractivity contribution in [1.29, 1.82) is 0 Å². The molecular formula is C14H23ClN4O. The van der Waals surface area contributed by atoms with Crippen molar-refractivity contribution in [3.63, 3.8) is 0 Å². The Morgan fingerprint density at radius 3 is 2.65 bits per heavy atom. The molecule has 0 bridgehead atoms. The summed E-state index contributed by atoms with van der Waals surface area (Å²) in [7, 11) is 1.74. The fourth-order valence-corrected chi connectivity index (χ4v) is 2.87. The van der Waals surface area contributed by atoms with Gasteiger partial charge in [0.2, 0.25) is 0 Å². The van der Waals surface area contributed by atoms with Gasteiger partial charge in [0.15, 0.2) is 0 Å². The van der Waals surface area contributed by atoms with Gasteiger partial charge in [0.1, 0.15) is 17.3 Å². The molecule has 1 saturated carbocycles. The number of rotatable bonds is 6. The predicted molar refractivity (Wildman–Crippen MR) is 81.2 cm³/mol. The number of nitrogens with zero attached hydrogens (tertiary/aromatic N) is 2. The minimum atomic E-state index is 0.412. The molecule has 2 N–H and O–H groups in total. The SMILES string of the molecule is COCC(C)NC1CCC(Nc2cc(Cl)ncn2)CC1. The number of hydrogen-bond donors (Lipinski definition) is 2. The maximum absolute atomic E-state index is 5.86. The topological polar surface area (TPSA) is 59.1 Å². The van der Waals surface area contributed by atoms with Crippen LogP contribution in [-0.4, -0.2) is 41.8 Å². The molecule has 0 amide bonds. The number of aromatic nitrogens is 2. The van der Waals surface area contributed by atoms with Crippen LogP contribution < -0.4 is 10.6 Å². The molecule has 1 aromatic rings. The number of methoxy groups -OCH3 is 1. The highest BCUT2D eigenvalue weighted by atomic mass is 35.5. The Bertz CT molecular complexity index is 410. The average Bonchev–Trinajstić information content (AvgIpc) is 2.41. The smallest absolute Gasteiger partial charge is 0.134 e. The third kappa shape index (κ3) is 4.89. The highest BCUT2D eigenvalue weighted by molar-refractivity contribution is 6.29. The Balaban J connectivity index is 1.74. The van der Waals surface area contributed by atoms with Gasteiger partial charge in [-0.15, -0.1) is 0 Å². The summed E-state index contributed by atoms with van der Waals surface area (Å²) < 4.78 is 5.15. The molecule has 1 unspecified atom stereocenters. The van der Waals surface area contributed by atoms with Crippen LogP contribution in [0.1, 0.15) is 32.6 Å². The van der Waals surface area contributed by atoms with Crippen molar-refractivity contribution in [2.45, 2.75) is 50.7 Å². The molecule has 0 aliphatic heterocycles. The van der Waals surface area contributed by atoms with Crippen LogP contribution in [0.5, 0.6) is 0 Å². The minimum absolute atomic E-state index is 0.412. The standard InChI is InChI=1S/C14H23ClN4O/c1-10(8-20-2)18-11-3-5-12(6-4-11)19-14-7-13(15)16-9-17-14/h7,9-12,18H,3-6,8H2,1-2H3,(H,16,17,19). The Hall–Kier alpha value is -0.910. The molecule has 1 atom stereocenters. The summed E-state index contributed by atoms with van der Waals surface area (Å²) in [4.78, 5) is 8.07. The van der Waals surface area contributed by atoms with E-state index in [2.05, 4.69) is 27.5 Å². The van der Waals surface area contributed by atoms with Crippen LogP contribution in [0.4, 0.5) is 5.82 Å². The second-order valence-electron chi connectivity index (χ2n) is 5.44. The van der Waals surface area contributed by atoms with E-state index in [9.17, 15) is 0 Å². The van der Waals surface area contributed by atoms with E-state index >= 15 is 0 Å². The average molecular weight is 299 g/mol. The molecule has 1 aliphatic rings. The van der Waals surface area contributed by atoms with Crippen molar-refractivity contribution in [1.82, 2.24) is 15.3 Å². The normalized spacial score (nSPS) is 24.4. The highest BCUT2D eigenvalue weighted by Crippen LogP contribution is 2.22. The summed E-state index contributed by atoms with van der Waals surface area (Å²) in [6.07, 6.45) is 6.11. The molecule has 1 heterocycles. The van der Waals surface area contributed by atoms with E-state index in [-0.39, 0.29) is 0 Å². The van der Waals surface area contributed by atoms with E-state index in [0.29, 0.717) is 23.3 Å². The third-order valence-corrected chi connectivity index (χ3v) is 3.86. The molecule has 20 heavy (non-hydrogen) atoms. The molecule has 0 spiro atoms. The fraction of sp³-hybridized carbons (Fsp3) is 0.714. The van der Waals surface area contributed by atoms with Crippen molar-refractivity contribution in [2.24, 2.45) is 0 Å². The van der Waals surface area contributed by atoms with Gasteiger partial charge >= 0.3 is 0 Å². The Morgan fingerprint density at radius 1 is 1.30 bits per heavy atom. The van der Waals surface area contributed by atoms with Crippen molar-refractivity contribution in [3.8, 4) is 0 Å². The van der Waals surface area contributed by atoms with Crippen LogP contribution in [0, 0.1) is 0 Å². The summed E-state index contributed by atoms with van der Waals surface area (Å²) in [5.74, 6) is 0.814. The lowest BCUT2D eigenvalue weighted by Gasteiger charge is -2.31. The Kier molecular flexibility index (Phi) is 6.01. The summed E-state index contributed by atoms with van der Waals surface area (Å²) >= 11 is 5.86. The zero-order valence-electron chi connectivity index (χ0n) is 12.1. The van der Waals surface area contributed by atoms with Gasteiger partial charge in [0.05, 0.1) is 6.61 Å². The highest BCUT2D eigenvalue weighted by Gasteiger charge is 2.22. The first kappa shape index (κ1) is 15.5. The molecule has 5 nitrogen and oxygen atoms in total. The first-order valence-electron chi connectivity index (χ1n) is 7.16. The van der Waals surface area contributed by atoms with Crippen LogP contribution in [0.2, 0.25) is 5.15 Å². The number of nitrogens with one attached hydrogen (secondary N) is 2. The van der Waals surface area contributed by atoms with E-state index in [4.69, 9.17) is 16.3 Å². The monoisotopic (exact) mass is 298 g/mol. The molecule has 112 valence electrons. The lowest BCUT2D eigenvalue weighted by molar-refractivity contribution is 0.161. The van der Waals surface area contributed by atoms with Crippen LogP contribution in [0.3, 0.4) is 0 Å². The fourth-order valence-electron chi connectivity index (χ4n) is 2.73. The van der Waals surface area contributed by atoms with E-state index in [1.54, 1.807) is 13.2 Å². The Labute approximate surface area is 125 Å². The number of anilines is 1. The summed E-state index contributed by atoms with van der Waals surface area (Å²) in [6, 6.07) is 3.24. The van der Waals surface area contributed by atoms with Gasteiger partial charge in [-0.05, 0) is 32.6 Å². The molecule has 0 aromatic carbocycles. The molecule has 2 rings (SSSR count). The number of ether oxygens (including phenoxy) is 1. The minimum Gasteiger partial charge on any atom is -0.383 e. The lowest BCUT2D eigenvalue weighted by atomic mass is 9.91. The number of hydrogen-bond acceptors (Lipinski definition) is 5. The zero-order valence-corrected chi connectivity index (χ0v) is 12.9. The predicted octanol–water partition coefficient (Wildman–Crippen LogP) is 2.48. The van der Waals surface area contributed by atoms with E-state index in [1.165, 1.54) is 19.2 Å². The Morgan fingerprint density at radius 2 is 2.00 bits per heavy atom. The van der Waals surface area contributed by atoms with Crippen molar-refractivity contribution < 1.29 is 4.74 Å². The van der Waals surface area contributed by atoms with Gasteiger partial charge in [-0.25, -0.2) is 9.97 Å². The summed E-state index contributed by atoms with van der Waals surface area (Å²) in [5.41, 5.74) is 0. The molecule has 0 saturated heterocycles. The van der Waals surface area contributed by atoms with Gasteiger partial charge in [-0.2, -0.15) is 0 Å². The van der Waals surface area contributed by atoms with Crippen molar-refractivity contribution in [2.75, 3.05) is 19.0 Å². The zero-order chi connectivity index (χ0) is 14.4. The van der Waals surface area contributed by atoms with Crippen LogP contribution in [-0.2, 0) is 4.74 Å². The first-order valence-corrected chi connectivity index (χ1v) is 7.54. The van der Waals surface area contributed by atoms with Gasteiger partial charge in [0, 0.05) is 31.3 Å². The number of halogens is 1. The van der Waals surface area contributed by atoms with Gasteiger partial charge in [0.25, 0.3) is 0 Å². The van der Waals surface area contributed by atoms with Gasteiger partial charge in [-0.3, -0.25) is 0 Å². The molecule has 1 fully saturated rings. The van der Waals surface area contributed by atoms with E-state index in [1.807, 2.05) is 0 Å². The summed E-state index contributed by atoms with van der Waals surface area (Å²) in [6.45, 7) is 2.92. The van der Waals surface area contributed by atoms with E-state index in [0.717, 1.165) is 25.3 Å². The van der Waals surface area contributed by atoms with Crippen LogP contribution in [0.25, 0.3) is 0 Å². The summed E-state index contributed by atoms with van der Waals surface area (Å²) in [5, 5.41) is 7.52. The second-order valence-corrected chi connectivity index (χ2v) is 5.83. The molecule has 1 aliphatic carbocycles. The first-order chi connectivity index (χ1) is 9.67. The maximum Gasteiger partial charge on any atom is 0.134 e. The molecule has 0 radical (unpaired) electrons. The van der Waals surface area contributed by atoms with Crippen molar-refractivity contribution >= 4 is 17.4 Å². The molecule has 1 aromatic heterocycles. The van der Waals surface area contributed by atoms with Crippen LogP contribution in [0.15, 0.2) is 12.4 Å². The van der Waals surface area contributed by atoms with Gasteiger partial charge in [-0.1, -0.05) is 11.6 Å². The maximum atomic E-state index is 5.86. The largest absolute Gasteiger partial charge is 0.383 e. The lowest BCUT2D eigenvalue weighted by Crippen LogP contribution is -2.42. The third-order valence-electron chi connectivity index (χ3n) is 3.65. The van der Waals surface area contributed by atoms with Crippen molar-refractivity contribution in [3.05, 3.63) is 17.5 Å². The van der Waals surface area contributed by atoms with Gasteiger partial charge < -0.3 is 15.4 Å².